The van der Waals surface area contributed by atoms with E-state index in [-0.39, 0.29) is 11.8 Å². The number of nitriles is 1. The number of hydrogen-bond donors (Lipinski definition) is 1. The SMILES string of the molecule is N#Cc1ccc(C(=O)N2CCc3nc(NC(=O)c4ccccn4)sc3C2)cc1. The van der Waals surface area contributed by atoms with Crippen molar-refractivity contribution >= 4 is 28.3 Å². The third-order valence-corrected chi connectivity index (χ3v) is 5.40. The minimum atomic E-state index is -0.308. The molecule has 1 aliphatic rings. The summed E-state index contributed by atoms with van der Waals surface area (Å²) in [5, 5.41) is 12.2. The molecule has 0 unspecified atom stereocenters. The number of benzene rings is 1. The van der Waals surface area contributed by atoms with E-state index in [1.165, 1.54) is 11.3 Å². The molecule has 28 heavy (non-hydrogen) atoms. The zero-order valence-electron chi connectivity index (χ0n) is 14.8. The van der Waals surface area contributed by atoms with Crippen molar-refractivity contribution < 1.29 is 9.59 Å². The topological polar surface area (TPSA) is 99.0 Å². The van der Waals surface area contributed by atoms with Crippen molar-refractivity contribution in [3.05, 3.63) is 76.1 Å². The molecule has 0 spiro atoms. The Kier molecular flexibility index (Phi) is 4.83. The smallest absolute Gasteiger partial charge is 0.276 e. The number of aromatic nitrogens is 2. The highest BCUT2D eigenvalue weighted by atomic mass is 32.1. The van der Waals surface area contributed by atoms with Crippen LogP contribution in [0.3, 0.4) is 0 Å². The molecule has 3 heterocycles. The maximum atomic E-state index is 12.7. The average Bonchev–Trinajstić information content (AvgIpc) is 3.15. The highest BCUT2D eigenvalue weighted by Gasteiger charge is 2.25. The number of anilines is 1. The maximum Gasteiger partial charge on any atom is 0.276 e. The van der Waals surface area contributed by atoms with E-state index in [2.05, 4.69) is 15.3 Å². The summed E-state index contributed by atoms with van der Waals surface area (Å²) < 4.78 is 0. The van der Waals surface area contributed by atoms with Gasteiger partial charge in [0, 0.05) is 29.6 Å². The van der Waals surface area contributed by atoms with Gasteiger partial charge in [-0.05, 0) is 36.4 Å². The van der Waals surface area contributed by atoms with Gasteiger partial charge in [-0.15, -0.1) is 0 Å². The molecule has 0 saturated heterocycles. The molecule has 0 aliphatic carbocycles. The number of fused-ring (bicyclic) bond motifs is 1. The Balaban J connectivity index is 1.46. The summed E-state index contributed by atoms with van der Waals surface area (Å²) in [7, 11) is 0. The lowest BCUT2D eigenvalue weighted by atomic mass is 10.1. The predicted octanol–water partition coefficient (Wildman–Crippen LogP) is 2.86. The lowest BCUT2D eigenvalue weighted by Crippen LogP contribution is -2.35. The molecule has 7 nitrogen and oxygen atoms in total. The van der Waals surface area contributed by atoms with Gasteiger partial charge in [0.2, 0.25) is 0 Å². The second kappa shape index (κ2) is 7.58. The fourth-order valence-corrected chi connectivity index (χ4v) is 3.97. The third kappa shape index (κ3) is 3.61. The van der Waals surface area contributed by atoms with Crippen LogP contribution in [-0.2, 0) is 13.0 Å². The standard InChI is InChI=1S/C20H15N5O2S/c21-11-13-4-6-14(7-5-13)19(27)25-10-8-15-17(12-25)28-20(23-15)24-18(26)16-3-1-2-9-22-16/h1-7,9H,8,10,12H2,(H,23,24,26). The van der Waals surface area contributed by atoms with Crippen LogP contribution in [0.4, 0.5) is 5.13 Å². The van der Waals surface area contributed by atoms with Crippen LogP contribution in [0.2, 0.25) is 0 Å². The molecule has 0 atom stereocenters. The van der Waals surface area contributed by atoms with Crippen LogP contribution in [0.5, 0.6) is 0 Å². The Morgan fingerprint density at radius 3 is 2.71 bits per heavy atom. The number of rotatable bonds is 3. The Morgan fingerprint density at radius 2 is 2.00 bits per heavy atom. The molecule has 0 fully saturated rings. The van der Waals surface area contributed by atoms with Gasteiger partial charge in [-0.2, -0.15) is 5.26 Å². The van der Waals surface area contributed by atoms with Gasteiger partial charge in [0.05, 0.1) is 23.9 Å². The molecule has 4 rings (SSSR count). The average molecular weight is 389 g/mol. The molecule has 1 N–H and O–H groups in total. The molecule has 0 saturated carbocycles. The zero-order valence-corrected chi connectivity index (χ0v) is 15.6. The summed E-state index contributed by atoms with van der Waals surface area (Å²) in [6, 6.07) is 13.8. The largest absolute Gasteiger partial charge is 0.333 e. The molecule has 0 bridgehead atoms. The van der Waals surface area contributed by atoms with E-state index in [9.17, 15) is 9.59 Å². The van der Waals surface area contributed by atoms with Gasteiger partial charge in [0.15, 0.2) is 5.13 Å². The third-order valence-electron chi connectivity index (χ3n) is 4.40. The van der Waals surface area contributed by atoms with Crippen LogP contribution in [0.1, 0.15) is 37.0 Å². The number of pyridine rings is 1. The molecule has 2 aromatic heterocycles. The highest BCUT2D eigenvalue weighted by molar-refractivity contribution is 7.15. The monoisotopic (exact) mass is 389 g/mol. The predicted molar refractivity (Wildman–Crippen MR) is 104 cm³/mol. The molecule has 8 heteroatoms. The van der Waals surface area contributed by atoms with E-state index in [0.29, 0.717) is 41.5 Å². The van der Waals surface area contributed by atoms with Crippen molar-refractivity contribution in [2.24, 2.45) is 0 Å². The Morgan fingerprint density at radius 1 is 1.18 bits per heavy atom. The highest BCUT2D eigenvalue weighted by Crippen LogP contribution is 2.29. The fourth-order valence-electron chi connectivity index (χ4n) is 2.95. The van der Waals surface area contributed by atoms with E-state index < -0.39 is 0 Å². The number of carbonyl (C=O) groups is 2. The van der Waals surface area contributed by atoms with Gasteiger partial charge in [-0.3, -0.25) is 19.9 Å². The zero-order chi connectivity index (χ0) is 19.5. The van der Waals surface area contributed by atoms with Crippen LogP contribution >= 0.6 is 11.3 Å². The first-order chi connectivity index (χ1) is 13.6. The summed E-state index contributed by atoms with van der Waals surface area (Å²) in [6.07, 6.45) is 2.20. The molecule has 0 radical (unpaired) electrons. The van der Waals surface area contributed by atoms with Gasteiger partial charge in [0.25, 0.3) is 11.8 Å². The lowest BCUT2D eigenvalue weighted by Gasteiger charge is -2.26. The summed E-state index contributed by atoms with van der Waals surface area (Å²) in [5.74, 6) is -0.389. The minimum absolute atomic E-state index is 0.0809. The van der Waals surface area contributed by atoms with Crippen molar-refractivity contribution in [1.82, 2.24) is 14.9 Å². The number of nitrogens with one attached hydrogen (secondary N) is 1. The van der Waals surface area contributed by atoms with Crippen molar-refractivity contribution in [1.29, 1.82) is 5.26 Å². The summed E-state index contributed by atoms with van der Waals surface area (Å²) in [5.41, 5.74) is 2.31. The van der Waals surface area contributed by atoms with E-state index in [1.54, 1.807) is 53.6 Å². The van der Waals surface area contributed by atoms with Crippen LogP contribution in [0, 0.1) is 11.3 Å². The van der Waals surface area contributed by atoms with Crippen molar-refractivity contribution in [3.63, 3.8) is 0 Å². The Bertz CT molecular complexity index is 1070. The number of nitrogens with zero attached hydrogens (tertiary/aromatic N) is 4. The van der Waals surface area contributed by atoms with Gasteiger partial charge in [-0.25, -0.2) is 4.98 Å². The first-order valence-corrected chi connectivity index (χ1v) is 9.46. The lowest BCUT2D eigenvalue weighted by molar-refractivity contribution is 0.0736. The van der Waals surface area contributed by atoms with Crippen LogP contribution in [0.25, 0.3) is 0 Å². The number of thiazole rings is 1. The van der Waals surface area contributed by atoms with Gasteiger partial charge in [0.1, 0.15) is 5.69 Å². The van der Waals surface area contributed by atoms with Crippen LogP contribution < -0.4 is 5.32 Å². The summed E-state index contributed by atoms with van der Waals surface area (Å²) in [6.45, 7) is 1.01. The van der Waals surface area contributed by atoms with Crippen molar-refractivity contribution in [3.8, 4) is 6.07 Å². The fraction of sp³-hybridized carbons (Fsp3) is 0.150. The first-order valence-electron chi connectivity index (χ1n) is 8.64. The van der Waals surface area contributed by atoms with E-state index in [0.717, 1.165) is 10.6 Å². The Labute approximate surface area is 165 Å². The van der Waals surface area contributed by atoms with Crippen molar-refractivity contribution in [2.45, 2.75) is 13.0 Å². The summed E-state index contributed by atoms with van der Waals surface area (Å²) in [4.78, 5) is 36.2. The van der Waals surface area contributed by atoms with Gasteiger partial charge in [-0.1, -0.05) is 17.4 Å². The maximum absolute atomic E-state index is 12.7. The van der Waals surface area contributed by atoms with E-state index >= 15 is 0 Å². The number of amides is 2. The summed E-state index contributed by atoms with van der Waals surface area (Å²) >= 11 is 1.37. The minimum Gasteiger partial charge on any atom is -0.333 e. The molecule has 2 amide bonds. The quantitative estimate of drug-likeness (QED) is 0.743. The molecule has 1 aliphatic heterocycles. The molecule has 1 aromatic carbocycles. The normalized spacial score (nSPS) is 12.8. The molecular formula is C20H15N5O2S. The van der Waals surface area contributed by atoms with E-state index in [4.69, 9.17) is 5.26 Å². The molecule has 3 aromatic rings. The second-order valence-electron chi connectivity index (χ2n) is 6.22. The van der Waals surface area contributed by atoms with Crippen LogP contribution in [-0.4, -0.2) is 33.2 Å². The van der Waals surface area contributed by atoms with Crippen LogP contribution in [0.15, 0.2) is 48.7 Å². The second-order valence-corrected chi connectivity index (χ2v) is 7.31. The molecule has 138 valence electrons. The van der Waals surface area contributed by atoms with Gasteiger partial charge < -0.3 is 4.90 Å². The van der Waals surface area contributed by atoms with Gasteiger partial charge >= 0.3 is 0 Å². The molecular weight excluding hydrogens is 374 g/mol. The van der Waals surface area contributed by atoms with E-state index in [1.807, 2.05) is 6.07 Å². The number of hydrogen-bond acceptors (Lipinski definition) is 6. The van der Waals surface area contributed by atoms with Crippen molar-refractivity contribution in [2.75, 3.05) is 11.9 Å². The Hall–Kier alpha value is -3.57. The first kappa shape index (κ1) is 17.8. The number of carbonyl (C=O) groups excluding carboxylic acids is 2.